The van der Waals surface area contributed by atoms with Crippen LogP contribution in [0, 0.1) is 5.82 Å². The number of thiazole rings is 1. The van der Waals surface area contributed by atoms with E-state index in [9.17, 15) is 4.39 Å². The van der Waals surface area contributed by atoms with Gasteiger partial charge in [0, 0.05) is 30.4 Å². The Morgan fingerprint density at radius 3 is 3.00 bits per heavy atom. The SMILES string of the molecule is Fc1cccnc1CNc1nc(Cl)c(Cc2c[nH]c3ncc(Cl)cc23)s1. The molecule has 4 rings (SSSR count). The highest BCUT2D eigenvalue weighted by Gasteiger charge is 2.14. The summed E-state index contributed by atoms with van der Waals surface area (Å²) in [6.07, 6.45) is 5.64. The third kappa shape index (κ3) is 3.51. The molecule has 0 bridgehead atoms. The Balaban J connectivity index is 1.53. The summed E-state index contributed by atoms with van der Waals surface area (Å²) < 4.78 is 13.6. The summed E-state index contributed by atoms with van der Waals surface area (Å²) in [7, 11) is 0. The fourth-order valence-corrected chi connectivity index (χ4v) is 3.92. The summed E-state index contributed by atoms with van der Waals surface area (Å²) in [6.45, 7) is 0.239. The van der Waals surface area contributed by atoms with Crippen LogP contribution in [0.5, 0.6) is 0 Å². The topological polar surface area (TPSA) is 66.5 Å². The van der Waals surface area contributed by atoms with Gasteiger partial charge in [0.05, 0.1) is 22.1 Å². The van der Waals surface area contributed by atoms with Crippen molar-refractivity contribution in [2.45, 2.75) is 13.0 Å². The van der Waals surface area contributed by atoms with E-state index in [1.54, 1.807) is 18.5 Å². The van der Waals surface area contributed by atoms with E-state index in [0.717, 1.165) is 21.5 Å². The van der Waals surface area contributed by atoms with Crippen LogP contribution >= 0.6 is 34.5 Å². The molecule has 4 aromatic heterocycles. The van der Waals surface area contributed by atoms with Crippen molar-refractivity contribution in [2.75, 3.05) is 5.32 Å². The first kappa shape index (κ1) is 17.2. The molecule has 0 aliphatic heterocycles. The maximum absolute atomic E-state index is 13.6. The molecule has 0 saturated heterocycles. The summed E-state index contributed by atoms with van der Waals surface area (Å²) in [5, 5.41) is 5.63. The normalized spacial score (nSPS) is 11.2. The van der Waals surface area contributed by atoms with Crippen molar-refractivity contribution in [3.05, 3.63) is 68.9 Å². The Morgan fingerprint density at radius 1 is 1.27 bits per heavy atom. The van der Waals surface area contributed by atoms with E-state index < -0.39 is 0 Å². The van der Waals surface area contributed by atoms with Crippen molar-refractivity contribution in [3.63, 3.8) is 0 Å². The van der Waals surface area contributed by atoms with E-state index in [1.165, 1.54) is 17.4 Å². The molecule has 26 heavy (non-hydrogen) atoms. The molecule has 132 valence electrons. The second-order valence-corrected chi connectivity index (χ2v) is 7.44. The Hall–Kier alpha value is -2.22. The van der Waals surface area contributed by atoms with Crippen LogP contribution in [0.15, 0.2) is 36.8 Å². The highest BCUT2D eigenvalue weighted by molar-refractivity contribution is 7.16. The predicted molar refractivity (Wildman–Crippen MR) is 103 cm³/mol. The zero-order valence-electron chi connectivity index (χ0n) is 13.3. The number of hydrogen-bond donors (Lipinski definition) is 2. The molecule has 0 aliphatic carbocycles. The number of halogens is 3. The van der Waals surface area contributed by atoms with Crippen molar-refractivity contribution in [3.8, 4) is 0 Å². The van der Waals surface area contributed by atoms with E-state index in [4.69, 9.17) is 23.2 Å². The molecule has 9 heteroatoms. The zero-order valence-corrected chi connectivity index (χ0v) is 15.6. The van der Waals surface area contributed by atoms with Gasteiger partial charge in [-0.25, -0.2) is 14.4 Å². The molecule has 0 amide bonds. The molecule has 0 aromatic carbocycles. The summed E-state index contributed by atoms with van der Waals surface area (Å²) in [4.78, 5) is 16.6. The average Bonchev–Trinajstić information content (AvgIpc) is 3.18. The largest absolute Gasteiger partial charge is 0.356 e. The molecule has 2 N–H and O–H groups in total. The van der Waals surface area contributed by atoms with Gasteiger partial charge in [0.25, 0.3) is 0 Å². The van der Waals surface area contributed by atoms with Gasteiger partial charge in [-0.2, -0.15) is 0 Å². The second kappa shape index (κ2) is 7.19. The predicted octanol–water partition coefficient (Wildman–Crippen LogP) is 5.06. The van der Waals surface area contributed by atoms with Gasteiger partial charge in [-0.15, -0.1) is 11.3 Å². The van der Waals surface area contributed by atoms with Gasteiger partial charge >= 0.3 is 0 Å². The molecular weight excluding hydrogens is 396 g/mol. The van der Waals surface area contributed by atoms with Gasteiger partial charge in [0.1, 0.15) is 16.6 Å². The number of nitrogens with one attached hydrogen (secondary N) is 2. The van der Waals surface area contributed by atoms with Crippen LogP contribution in [0.2, 0.25) is 10.2 Å². The first-order valence-corrected chi connectivity index (χ1v) is 9.27. The third-order valence-electron chi connectivity index (χ3n) is 3.83. The Labute approximate surface area is 162 Å². The van der Waals surface area contributed by atoms with E-state index in [2.05, 4.69) is 25.3 Å². The van der Waals surface area contributed by atoms with Gasteiger partial charge in [-0.3, -0.25) is 4.98 Å². The highest BCUT2D eigenvalue weighted by Crippen LogP contribution is 2.31. The van der Waals surface area contributed by atoms with Gasteiger partial charge < -0.3 is 10.3 Å². The Morgan fingerprint density at radius 2 is 2.15 bits per heavy atom. The number of H-pyrrole nitrogens is 1. The third-order valence-corrected chi connectivity index (χ3v) is 5.47. The number of hydrogen-bond acceptors (Lipinski definition) is 5. The molecule has 4 heterocycles. The molecule has 4 aromatic rings. The molecule has 0 saturated carbocycles. The summed E-state index contributed by atoms with van der Waals surface area (Å²) in [5.74, 6) is -0.356. The Kier molecular flexibility index (Phi) is 4.76. The van der Waals surface area contributed by atoms with Crippen LogP contribution in [-0.4, -0.2) is 19.9 Å². The number of fused-ring (bicyclic) bond motifs is 1. The first-order valence-electron chi connectivity index (χ1n) is 7.70. The number of nitrogens with zero attached hydrogens (tertiary/aromatic N) is 3. The maximum Gasteiger partial charge on any atom is 0.184 e. The zero-order chi connectivity index (χ0) is 18.1. The van der Waals surface area contributed by atoms with Crippen molar-refractivity contribution in [2.24, 2.45) is 0 Å². The van der Waals surface area contributed by atoms with Crippen LogP contribution in [-0.2, 0) is 13.0 Å². The first-order chi connectivity index (χ1) is 12.6. The lowest BCUT2D eigenvalue weighted by Crippen LogP contribution is -2.03. The fraction of sp³-hybridized carbons (Fsp3) is 0.118. The number of rotatable bonds is 5. The van der Waals surface area contributed by atoms with Gasteiger partial charge in [0.2, 0.25) is 0 Å². The minimum Gasteiger partial charge on any atom is -0.356 e. The summed E-state index contributed by atoms with van der Waals surface area (Å²) in [6, 6.07) is 4.80. The molecule has 0 aliphatic rings. The van der Waals surface area contributed by atoms with Crippen LogP contribution in [0.1, 0.15) is 16.1 Å². The highest BCUT2D eigenvalue weighted by atomic mass is 35.5. The standard InChI is InChI=1S/C17H12Cl2FN5S/c18-10-5-11-9(6-22-16(11)23-7-10)4-14-15(19)25-17(26-14)24-8-13-12(20)2-1-3-21-13/h1-3,5-7H,4,8H2,(H,22,23)(H,24,25). The monoisotopic (exact) mass is 407 g/mol. The van der Waals surface area contributed by atoms with Crippen LogP contribution < -0.4 is 5.32 Å². The quantitative estimate of drug-likeness (QED) is 0.484. The number of aromatic nitrogens is 4. The molecular formula is C17H12Cl2FN5S. The Bertz CT molecular complexity index is 1080. The van der Waals surface area contributed by atoms with Crippen molar-refractivity contribution >= 4 is 50.7 Å². The van der Waals surface area contributed by atoms with Crippen LogP contribution in [0.4, 0.5) is 9.52 Å². The fourth-order valence-electron chi connectivity index (χ4n) is 2.58. The molecule has 0 atom stereocenters. The molecule has 0 fully saturated rings. The number of anilines is 1. The second-order valence-electron chi connectivity index (χ2n) is 5.56. The summed E-state index contributed by atoms with van der Waals surface area (Å²) >= 11 is 13.7. The minimum atomic E-state index is -0.356. The van der Waals surface area contributed by atoms with Crippen molar-refractivity contribution < 1.29 is 4.39 Å². The molecule has 0 spiro atoms. The number of pyridine rings is 2. The lowest BCUT2D eigenvalue weighted by molar-refractivity contribution is 0.602. The van der Waals surface area contributed by atoms with Gasteiger partial charge in [0.15, 0.2) is 5.13 Å². The minimum absolute atomic E-state index is 0.239. The number of aromatic amines is 1. The van der Waals surface area contributed by atoms with Crippen LogP contribution in [0.3, 0.4) is 0 Å². The van der Waals surface area contributed by atoms with E-state index in [0.29, 0.717) is 27.4 Å². The van der Waals surface area contributed by atoms with Gasteiger partial charge in [-0.1, -0.05) is 23.2 Å². The molecule has 0 unspecified atom stereocenters. The lowest BCUT2D eigenvalue weighted by Gasteiger charge is -2.02. The smallest absolute Gasteiger partial charge is 0.184 e. The average molecular weight is 408 g/mol. The van der Waals surface area contributed by atoms with E-state index in [-0.39, 0.29) is 12.4 Å². The van der Waals surface area contributed by atoms with Gasteiger partial charge in [-0.05, 0) is 23.8 Å². The van der Waals surface area contributed by atoms with E-state index in [1.807, 2.05) is 12.3 Å². The maximum atomic E-state index is 13.6. The van der Waals surface area contributed by atoms with Crippen LogP contribution in [0.25, 0.3) is 11.0 Å². The molecule has 5 nitrogen and oxygen atoms in total. The lowest BCUT2D eigenvalue weighted by atomic mass is 10.1. The summed E-state index contributed by atoms with van der Waals surface area (Å²) in [5.41, 5.74) is 2.13. The molecule has 0 radical (unpaired) electrons. The van der Waals surface area contributed by atoms with Crippen molar-refractivity contribution in [1.82, 2.24) is 19.9 Å². The van der Waals surface area contributed by atoms with Crippen molar-refractivity contribution in [1.29, 1.82) is 0 Å². The van der Waals surface area contributed by atoms with E-state index >= 15 is 0 Å².